The van der Waals surface area contributed by atoms with Crippen molar-refractivity contribution in [2.24, 2.45) is 11.3 Å². The van der Waals surface area contributed by atoms with Crippen molar-refractivity contribution in [3.05, 3.63) is 0 Å². The van der Waals surface area contributed by atoms with Crippen molar-refractivity contribution in [1.29, 1.82) is 0 Å². The molecule has 0 amide bonds. The molecule has 2 fully saturated rings. The van der Waals surface area contributed by atoms with E-state index in [9.17, 15) is 0 Å². The summed E-state index contributed by atoms with van der Waals surface area (Å²) in [5, 5.41) is 0. The Bertz CT molecular complexity index is 169. The molecule has 2 aliphatic rings. The highest BCUT2D eigenvalue weighted by molar-refractivity contribution is 4.80. The lowest BCUT2D eigenvalue weighted by atomic mass is 9.89. The highest BCUT2D eigenvalue weighted by Gasteiger charge is 2.33. The van der Waals surface area contributed by atoms with Crippen LogP contribution in [0, 0.1) is 11.3 Å². The van der Waals surface area contributed by atoms with Crippen LogP contribution in [0.3, 0.4) is 0 Å². The van der Waals surface area contributed by atoms with Gasteiger partial charge in [0, 0.05) is 12.0 Å². The van der Waals surface area contributed by atoms with Gasteiger partial charge in [-0.25, -0.2) is 0 Å². The second-order valence-electron chi connectivity index (χ2n) is 5.32. The SMILES string of the molecule is CC1(COCC2CCCCC2)COC1. The summed E-state index contributed by atoms with van der Waals surface area (Å²) >= 11 is 0. The normalized spacial score (nSPS) is 27.2. The molecule has 2 heteroatoms. The smallest absolute Gasteiger partial charge is 0.0564 e. The molecule has 14 heavy (non-hydrogen) atoms. The maximum atomic E-state index is 5.80. The fourth-order valence-electron chi connectivity index (χ4n) is 2.36. The van der Waals surface area contributed by atoms with Crippen LogP contribution >= 0.6 is 0 Å². The van der Waals surface area contributed by atoms with Crippen molar-refractivity contribution in [2.45, 2.75) is 39.0 Å². The minimum Gasteiger partial charge on any atom is -0.380 e. The standard InChI is InChI=1S/C12H22O2/c1-12(9-14-10-12)8-13-7-11-5-3-2-4-6-11/h11H,2-10H2,1H3. The zero-order valence-corrected chi connectivity index (χ0v) is 9.26. The Labute approximate surface area is 87.0 Å². The predicted molar refractivity (Wildman–Crippen MR) is 56.3 cm³/mol. The van der Waals surface area contributed by atoms with Crippen molar-refractivity contribution < 1.29 is 9.47 Å². The molecule has 1 aliphatic carbocycles. The number of hydrogen-bond donors (Lipinski definition) is 0. The van der Waals surface area contributed by atoms with Gasteiger partial charge in [-0.3, -0.25) is 0 Å². The third-order valence-corrected chi connectivity index (χ3v) is 3.43. The minimum atomic E-state index is 0.328. The summed E-state index contributed by atoms with van der Waals surface area (Å²) < 4.78 is 11.0. The minimum absolute atomic E-state index is 0.328. The first-order valence-electron chi connectivity index (χ1n) is 5.94. The van der Waals surface area contributed by atoms with E-state index in [0.717, 1.165) is 32.3 Å². The summed E-state index contributed by atoms with van der Waals surface area (Å²) in [5.41, 5.74) is 0.328. The molecule has 82 valence electrons. The van der Waals surface area contributed by atoms with Gasteiger partial charge in [0.1, 0.15) is 0 Å². The summed E-state index contributed by atoms with van der Waals surface area (Å²) in [6.45, 7) is 5.89. The van der Waals surface area contributed by atoms with E-state index < -0.39 is 0 Å². The van der Waals surface area contributed by atoms with E-state index in [-0.39, 0.29) is 0 Å². The van der Waals surface area contributed by atoms with Gasteiger partial charge in [0.15, 0.2) is 0 Å². The molecular weight excluding hydrogens is 176 g/mol. The molecule has 0 radical (unpaired) electrons. The van der Waals surface area contributed by atoms with Crippen LogP contribution in [0.15, 0.2) is 0 Å². The van der Waals surface area contributed by atoms with Crippen LogP contribution in [0.1, 0.15) is 39.0 Å². The van der Waals surface area contributed by atoms with Gasteiger partial charge < -0.3 is 9.47 Å². The van der Waals surface area contributed by atoms with Crippen molar-refractivity contribution in [1.82, 2.24) is 0 Å². The predicted octanol–water partition coefficient (Wildman–Crippen LogP) is 2.62. The summed E-state index contributed by atoms with van der Waals surface area (Å²) in [6.07, 6.45) is 7.02. The molecule has 0 aromatic carbocycles. The Morgan fingerprint density at radius 2 is 1.93 bits per heavy atom. The van der Waals surface area contributed by atoms with Crippen LogP contribution in [0.25, 0.3) is 0 Å². The lowest BCUT2D eigenvalue weighted by Crippen LogP contribution is -2.43. The van der Waals surface area contributed by atoms with Crippen LogP contribution < -0.4 is 0 Å². The second-order valence-corrected chi connectivity index (χ2v) is 5.32. The monoisotopic (exact) mass is 198 g/mol. The fraction of sp³-hybridized carbons (Fsp3) is 1.00. The van der Waals surface area contributed by atoms with E-state index in [1.807, 2.05) is 0 Å². The third-order valence-electron chi connectivity index (χ3n) is 3.43. The second kappa shape index (κ2) is 4.63. The average molecular weight is 198 g/mol. The number of rotatable bonds is 4. The molecule has 0 atom stereocenters. The molecule has 0 aromatic heterocycles. The Balaban J connectivity index is 1.57. The maximum absolute atomic E-state index is 5.80. The molecule has 2 rings (SSSR count). The van der Waals surface area contributed by atoms with Crippen LogP contribution in [-0.2, 0) is 9.47 Å². The van der Waals surface area contributed by atoms with Gasteiger partial charge in [0.05, 0.1) is 19.8 Å². The molecule has 1 heterocycles. The summed E-state index contributed by atoms with van der Waals surface area (Å²) in [4.78, 5) is 0. The first kappa shape index (κ1) is 10.4. The summed E-state index contributed by atoms with van der Waals surface area (Å²) in [7, 11) is 0. The van der Waals surface area contributed by atoms with Gasteiger partial charge in [-0.15, -0.1) is 0 Å². The van der Waals surface area contributed by atoms with Gasteiger partial charge in [-0.2, -0.15) is 0 Å². The zero-order chi connectivity index (χ0) is 9.86. The Kier molecular flexibility index (Phi) is 3.45. The first-order valence-corrected chi connectivity index (χ1v) is 5.94. The fourth-order valence-corrected chi connectivity index (χ4v) is 2.36. The zero-order valence-electron chi connectivity index (χ0n) is 9.26. The van der Waals surface area contributed by atoms with E-state index in [2.05, 4.69) is 6.92 Å². The largest absolute Gasteiger partial charge is 0.380 e. The van der Waals surface area contributed by atoms with Gasteiger partial charge in [0.25, 0.3) is 0 Å². The Morgan fingerprint density at radius 3 is 2.50 bits per heavy atom. The summed E-state index contributed by atoms with van der Waals surface area (Å²) in [5.74, 6) is 0.841. The van der Waals surface area contributed by atoms with Crippen molar-refractivity contribution >= 4 is 0 Å². The summed E-state index contributed by atoms with van der Waals surface area (Å²) in [6, 6.07) is 0. The molecule has 1 saturated heterocycles. The van der Waals surface area contributed by atoms with Crippen molar-refractivity contribution in [3.8, 4) is 0 Å². The number of hydrogen-bond acceptors (Lipinski definition) is 2. The number of ether oxygens (including phenoxy) is 2. The van der Waals surface area contributed by atoms with Crippen LogP contribution in [-0.4, -0.2) is 26.4 Å². The van der Waals surface area contributed by atoms with Gasteiger partial charge >= 0.3 is 0 Å². The first-order chi connectivity index (χ1) is 6.79. The Morgan fingerprint density at radius 1 is 1.21 bits per heavy atom. The quantitative estimate of drug-likeness (QED) is 0.691. The highest BCUT2D eigenvalue weighted by atomic mass is 16.5. The van der Waals surface area contributed by atoms with Gasteiger partial charge in [0.2, 0.25) is 0 Å². The van der Waals surface area contributed by atoms with E-state index in [1.165, 1.54) is 32.1 Å². The lowest BCUT2D eigenvalue weighted by Gasteiger charge is -2.38. The molecular formula is C12H22O2. The van der Waals surface area contributed by atoms with Crippen molar-refractivity contribution in [3.63, 3.8) is 0 Å². The molecule has 0 bridgehead atoms. The van der Waals surface area contributed by atoms with Crippen LogP contribution in [0.2, 0.25) is 0 Å². The van der Waals surface area contributed by atoms with Gasteiger partial charge in [-0.1, -0.05) is 26.2 Å². The lowest BCUT2D eigenvalue weighted by molar-refractivity contribution is -0.141. The molecule has 0 spiro atoms. The van der Waals surface area contributed by atoms with Crippen LogP contribution in [0.4, 0.5) is 0 Å². The molecule has 0 N–H and O–H groups in total. The van der Waals surface area contributed by atoms with Crippen LogP contribution in [0.5, 0.6) is 0 Å². The van der Waals surface area contributed by atoms with Crippen molar-refractivity contribution in [2.75, 3.05) is 26.4 Å². The van der Waals surface area contributed by atoms with Gasteiger partial charge in [-0.05, 0) is 18.8 Å². The highest BCUT2D eigenvalue weighted by Crippen LogP contribution is 2.28. The van der Waals surface area contributed by atoms with E-state index in [4.69, 9.17) is 9.47 Å². The van der Waals surface area contributed by atoms with E-state index in [1.54, 1.807) is 0 Å². The van der Waals surface area contributed by atoms with E-state index >= 15 is 0 Å². The molecule has 2 nitrogen and oxygen atoms in total. The third kappa shape index (κ3) is 2.71. The van der Waals surface area contributed by atoms with E-state index in [0.29, 0.717) is 5.41 Å². The molecule has 0 unspecified atom stereocenters. The molecule has 1 aliphatic heterocycles. The topological polar surface area (TPSA) is 18.5 Å². The molecule has 0 aromatic rings. The molecule has 1 saturated carbocycles. The maximum Gasteiger partial charge on any atom is 0.0564 e. The average Bonchev–Trinajstić information content (AvgIpc) is 2.17. The Hall–Kier alpha value is -0.0800.